The number of benzene rings is 2. The van der Waals surface area contributed by atoms with E-state index in [4.69, 9.17) is 0 Å². The fraction of sp³-hybridized carbons (Fsp3) is 0.167. The van der Waals surface area contributed by atoms with Crippen LogP contribution in [0.2, 0.25) is 0 Å². The maximum absolute atomic E-state index is 12.0. The van der Waals surface area contributed by atoms with Crippen molar-refractivity contribution in [2.75, 3.05) is 10.6 Å². The topological polar surface area (TPSA) is 61.9 Å². The summed E-state index contributed by atoms with van der Waals surface area (Å²) in [5.41, 5.74) is 4.83. The normalized spacial score (nSPS) is 10.5. The van der Waals surface area contributed by atoms with E-state index in [2.05, 4.69) is 28.9 Å². The summed E-state index contributed by atoms with van der Waals surface area (Å²) < 4.78 is 1.95. The van der Waals surface area contributed by atoms with Crippen LogP contribution >= 0.6 is 0 Å². The second-order valence-electron chi connectivity index (χ2n) is 5.43. The summed E-state index contributed by atoms with van der Waals surface area (Å²) in [6.07, 6.45) is 3.06. The first-order valence-electron chi connectivity index (χ1n) is 7.66. The van der Waals surface area contributed by atoms with Gasteiger partial charge in [0.15, 0.2) is 0 Å². The number of nitrogens with zero attached hydrogens (tertiary/aromatic N) is 1. The lowest BCUT2D eigenvalue weighted by Gasteiger charge is -2.15. The SMILES string of the molecule is CCc1cn(-c2ccc(NC(=O)Nc3ccccc3C)cc2)[nH]1. The largest absolute Gasteiger partial charge is 0.323 e. The monoisotopic (exact) mass is 308 g/mol. The van der Waals surface area contributed by atoms with Crippen LogP contribution in [0.4, 0.5) is 16.2 Å². The van der Waals surface area contributed by atoms with Gasteiger partial charge in [0.25, 0.3) is 0 Å². The van der Waals surface area contributed by atoms with Crippen LogP contribution in [0.5, 0.6) is 0 Å². The first kappa shape index (κ1) is 15.0. The van der Waals surface area contributed by atoms with Crippen molar-refractivity contribution in [3.05, 3.63) is 66.0 Å². The predicted molar refractivity (Wildman–Crippen MR) is 93.3 cm³/mol. The van der Waals surface area contributed by atoms with Crippen LogP contribution in [0, 0.1) is 6.92 Å². The quantitative estimate of drug-likeness (QED) is 0.660. The van der Waals surface area contributed by atoms with E-state index in [1.807, 2.05) is 60.1 Å². The lowest BCUT2D eigenvalue weighted by atomic mass is 10.2. The average molecular weight is 308 g/mol. The molecule has 0 aliphatic rings. The molecular formula is C18H20N4O. The number of aromatic nitrogens is 2. The van der Waals surface area contributed by atoms with Crippen molar-refractivity contribution in [2.24, 2.45) is 0 Å². The molecule has 1 aromatic heterocycles. The molecule has 0 atom stereocenters. The fourth-order valence-corrected chi connectivity index (χ4v) is 2.32. The summed E-state index contributed by atoms with van der Waals surface area (Å²) in [5, 5.41) is 8.92. The Morgan fingerprint density at radius 2 is 1.78 bits per heavy atom. The van der Waals surface area contributed by atoms with E-state index >= 15 is 0 Å². The zero-order valence-electron chi connectivity index (χ0n) is 13.3. The second-order valence-corrected chi connectivity index (χ2v) is 5.43. The highest BCUT2D eigenvalue weighted by Gasteiger charge is 2.06. The Labute approximate surface area is 135 Å². The van der Waals surface area contributed by atoms with Gasteiger partial charge in [0, 0.05) is 23.3 Å². The molecule has 3 aromatic rings. The second kappa shape index (κ2) is 6.44. The first-order valence-corrected chi connectivity index (χ1v) is 7.66. The molecule has 1 heterocycles. The van der Waals surface area contributed by atoms with Gasteiger partial charge in [0.05, 0.1) is 5.69 Å². The molecular weight excluding hydrogens is 288 g/mol. The Bertz CT molecular complexity index is 787. The van der Waals surface area contributed by atoms with Crippen LogP contribution in [0.15, 0.2) is 54.7 Å². The Morgan fingerprint density at radius 3 is 2.43 bits per heavy atom. The molecule has 0 bridgehead atoms. The average Bonchev–Trinajstić information content (AvgIpc) is 2.50. The van der Waals surface area contributed by atoms with Crippen LogP contribution in [0.1, 0.15) is 18.2 Å². The third kappa shape index (κ3) is 3.45. The van der Waals surface area contributed by atoms with Gasteiger partial charge >= 0.3 is 6.03 Å². The molecule has 118 valence electrons. The molecule has 0 spiro atoms. The summed E-state index contributed by atoms with van der Waals surface area (Å²) >= 11 is 0. The number of para-hydroxylation sites is 1. The van der Waals surface area contributed by atoms with Gasteiger partial charge in [0.1, 0.15) is 0 Å². The summed E-state index contributed by atoms with van der Waals surface area (Å²) in [4.78, 5) is 12.0. The standard InChI is InChI=1S/C18H20N4O/c1-3-14-12-22(21-14)16-10-8-15(9-11-16)19-18(23)20-17-7-5-4-6-13(17)2/h4-12,21H,3H2,1-2H3,(H2,19,20,23). The van der Waals surface area contributed by atoms with Crippen molar-refractivity contribution in [2.45, 2.75) is 20.3 Å². The number of carbonyl (C=O) groups excluding carboxylic acids is 1. The minimum Gasteiger partial charge on any atom is -0.308 e. The molecule has 0 saturated heterocycles. The molecule has 0 aliphatic heterocycles. The van der Waals surface area contributed by atoms with Crippen LogP contribution in [0.3, 0.4) is 0 Å². The van der Waals surface area contributed by atoms with Crippen molar-refractivity contribution >= 4 is 17.4 Å². The maximum Gasteiger partial charge on any atom is 0.323 e. The molecule has 0 radical (unpaired) electrons. The Hall–Kier alpha value is -2.95. The molecule has 2 aromatic carbocycles. The number of aryl methyl sites for hydroxylation is 2. The minimum atomic E-state index is -0.248. The van der Waals surface area contributed by atoms with Gasteiger partial charge < -0.3 is 10.6 Å². The number of urea groups is 1. The number of rotatable bonds is 4. The highest BCUT2D eigenvalue weighted by molar-refractivity contribution is 6.00. The molecule has 0 aliphatic carbocycles. The number of nitrogens with one attached hydrogen (secondary N) is 3. The van der Waals surface area contributed by atoms with Gasteiger partial charge in [-0.3, -0.25) is 9.78 Å². The molecule has 5 heteroatoms. The third-order valence-electron chi connectivity index (χ3n) is 3.73. The van der Waals surface area contributed by atoms with Crippen LogP contribution in [-0.4, -0.2) is 15.8 Å². The third-order valence-corrected chi connectivity index (χ3v) is 3.73. The van der Waals surface area contributed by atoms with Crippen molar-refractivity contribution < 1.29 is 4.79 Å². The zero-order chi connectivity index (χ0) is 16.2. The molecule has 0 unspecified atom stereocenters. The number of hydrogen-bond acceptors (Lipinski definition) is 1. The van der Waals surface area contributed by atoms with Gasteiger partial charge in [-0.15, -0.1) is 0 Å². The van der Waals surface area contributed by atoms with Gasteiger partial charge in [-0.1, -0.05) is 25.1 Å². The summed E-state index contributed by atoms with van der Waals surface area (Å²) in [5.74, 6) is 0. The summed E-state index contributed by atoms with van der Waals surface area (Å²) in [6.45, 7) is 4.07. The Kier molecular flexibility index (Phi) is 4.19. The molecule has 3 rings (SSSR count). The minimum absolute atomic E-state index is 0.248. The smallest absolute Gasteiger partial charge is 0.308 e. The number of aromatic amines is 1. The molecule has 2 amide bonds. The first-order chi connectivity index (χ1) is 11.2. The number of hydrogen-bond donors (Lipinski definition) is 3. The predicted octanol–water partition coefficient (Wildman–Crippen LogP) is 4.32. The number of H-pyrrole nitrogens is 1. The van der Waals surface area contributed by atoms with E-state index in [1.165, 1.54) is 5.69 Å². The molecule has 0 saturated carbocycles. The summed E-state index contributed by atoms with van der Waals surface area (Å²) in [7, 11) is 0. The van der Waals surface area contributed by atoms with Crippen molar-refractivity contribution in [1.29, 1.82) is 0 Å². The highest BCUT2D eigenvalue weighted by Crippen LogP contribution is 2.16. The van der Waals surface area contributed by atoms with Gasteiger partial charge in [0.2, 0.25) is 0 Å². The number of carbonyl (C=O) groups is 1. The van der Waals surface area contributed by atoms with E-state index in [0.29, 0.717) is 0 Å². The number of anilines is 2. The van der Waals surface area contributed by atoms with Gasteiger partial charge in [-0.05, 0) is 49.2 Å². The maximum atomic E-state index is 12.0. The highest BCUT2D eigenvalue weighted by atomic mass is 16.2. The van der Waals surface area contributed by atoms with Crippen molar-refractivity contribution in [3.8, 4) is 5.69 Å². The van der Waals surface area contributed by atoms with Crippen LogP contribution in [0.25, 0.3) is 5.69 Å². The fourth-order valence-electron chi connectivity index (χ4n) is 2.32. The lowest BCUT2D eigenvalue weighted by Crippen LogP contribution is -2.20. The van der Waals surface area contributed by atoms with E-state index in [0.717, 1.165) is 29.0 Å². The Balaban J connectivity index is 1.62. The zero-order valence-corrected chi connectivity index (χ0v) is 13.3. The lowest BCUT2D eigenvalue weighted by molar-refractivity contribution is 0.262. The van der Waals surface area contributed by atoms with E-state index in [9.17, 15) is 4.79 Å². The summed E-state index contributed by atoms with van der Waals surface area (Å²) in [6, 6.07) is 15.1. The van der Waals surface area contributed by atoms with Crippen LogP contribution < -0.4 is 10.6 Å². The van der Waals surface area contributed by atoms with Gasteiger partial charge in [-0.2, -0.15) is 0 Å². The van der Waals surface area contributed by atoms with E-state index < -0.39 is 0 Å². The van der Waals surface area contributed by atoms with E-state index in [-0.39, 0.29) is 6.03 Å². The molecule has 3 N–H and O–H groups in total. The number of amides is 2. The van der Waals surface area contributed by atoms with Gasteiger partial charge in [-0.25, -0.2) is 4.79 Å². The molecule has 0 fully saturated rings. The Morgan fingerprint density at radius 1 is 1.09 bits per heavy atom. The van der Waals surface area contributed by atoms with Crippen LogP contribution in [-0.2, 0) is 6.42 Å². The van der Waals surface area contributed by atoms with Crippen molar-refractivity contribution in [3.63, 3.8) is 0 Å². The van der Waals surface area contributed by atoms with Crippen molar-refractivity contribution in [1.82, 2.24) is 9.78 Å². The molecule has 5 nitrogen and oxygen atoms in total. The molecule has 23 heavy (non-hydrogen) atoms. The van der Waals surface area contributed by atoms with E-state index in [1.54, 1.807) is 0 Å².